The van der Waals surface area contributed by atoms with E-state index in [1.54, 1.807) is 12.1 Å². The van der Waals surface area contributed by atoms with E-state index in [1.807, 2.05) is 19.1 Å². The first kappa shape index (κ1) is 15.2. The van der Waals surface area contributed by atoms with Crippen LogP contribution in [0.5, 0.6) is 5.75 Å². The molecule has 0 aliphatic carbocycles. The third-order valence-electron chi connectivity index (χ3n) is 4.05. The Kier molecular flexibility index (Phi) is 4.94. The minimum absolute atomic E-state index is 0.0347. The number of benzene rings is 1. The van der Waals surface area contributed by atoms with E-state index in [4.69, 9.17) is 5.73 Å². The maximum absolute atomic E-state index is 12.5. The lowest BCUT2D eigenvalue weighted by molar-refractivity contribution is -0.0514. The predicted octanol–water partition coefficient (Wildman–Crippen LogP) is 3.16. The first-order valence-electron chi connectivity index (χ1n) is 7.04. The Hall–Kier alpha value is -1.20. The number of hydrogen-bond donors (Lipinski definition) is 1. The number of hydrogen-bond acceptors (Lipinski definition) is 3. The van der Waals surface area contributed by atoms with Gasteiger partial charge in [0.15, 0.2) is 0 Å². The lowest BCUT2D eigenvalue weighted by Crippen LogP contribution is -2.46. The van der Waals surface area contributed by atoms with Crippen LogP contribution in [0.3, 0.4) is 0 Å². The highest BCUT2D eigenvalue weighted by atomic mass is 19.3. The van der Waals surface area contributed by atoms with Gasteiger partial charge in [0.25, 0.3) is 0 Å². The quantitative estimate of drug-likeness (QED) is 0.923. The highest BCUT2D eigenvalue weighted by Crippen LogP contribution is 2.33. The summed E-state index contributed by atoms with van der Waals surface area (Å²) in [5.74, 6) is 0.261. The first-order chi connectivity index (χ1) is 9.49. The van der Waals surface area contributed by atoms with Gasteiger partial charge in [-0.05, 0) is 32.8 Å². The maximum atomic E-state index is 12.5. The fraction of sp³-hybridized carbons (Fsp3) is 0.600. The Morgan fingerprint density at radius 2 is 2.05 bits per heavy atom. The summed E-state index contributed by atoms with van der Waals surface area (Å²) < 4.78 is 29.6. The molecule has 2 N–H and O–H groups in total. The summed E-state index contributed by atoms with van der Waals surface area (Å²) in [6.45, 7) is 2.25. The van der Waals surface area contributed by atoms with E-state index in [1.165, 1.54) is 0 Å². The van der Waals surface area contributed by atoms with Crippen molar-refractivity contribution in [2.75, 3.05) is 6.54 Å². The molecule has 1 aromatic carbocycles. The fourth-order valence-electron chi connectivity index (χ4n) is 3.01. The van der Waals surface area contributed by atoms with Crippen molar-refractivity contribution in [2.45, 2.75) is 51.4 Å². The van der Waals surface area contributed by atoms with Crippen molar-refractivity contribution in [3.63, 3.8) is 0 Å². The van der Waals surface area contributed by atoms with E-state index in [2.05, 4.69) is 16.6 Å². The van der Waals surface area contributed by atoms with Crippen LogP contribution in [-0.2, 0) is 0 Å². The number of rotatable bonds is 4. The lowest BCUT2D eigenvalue weighted by Gasteiger charge is -2.40. The molecule has 112 valence electrons. The third kappa shape index (κ3) is 3.46. The van der Waals surface area contributed by atoms with Crippen LogP contribution in [-0.4, -0.2) is 30.1 Å². The third-order valence-corrected chi connectivity index (χ3v) is 4.05. The summed E-state index contributed by atoms with van der Waals surface area (Å²) in [5, 5.41) is 0. The summed E-state index contributed by atoms with van der Waals surface area (Å²) in [6.07, 6.45) is 1.87. The second kappa shape index (κ2) is 6.50. The minimum atomic E-state index is -2.80. The molecular formula is C15H22F2N2O. The number of piperidine rings is 1. The second-order valence-electron chi connectivity index (χ2n) is 5.46. The molecule has 0 amide bonds. The van der Waals surface area contributed by atoms with Crippen molar-refractivity contribution < 1.29 is 13.5 Å². The molecule has 1 fully saturated rings. The molecular weight excluding hydrogens is 262 g/mol. The van der Waals surface area contributed by atoms with Crippen LogP contribution in [0.2, 0.25) is 0 Å². The first-order valence-corrected chi connectivity index (χ1v) is 7.04. The van der Waals surface area contributed by atoms with Crippen molar-refractivity contribution in [1.29, 1.82) is 0 Å². The molecule has 0 bridgehead atoms. The molecule has 1 heterocycles. The molecule has 0 saturated carbocycles. The van der Waals surface area contributed by atoms with Crippen LogP contribution < -0.4 is 10.5 Å². The molecule has 3 atom stereocenters. The Labute approximate surface area is 118 Å². The molecule has 1 aliphatic rings. The maximum Gasteiger partial charge on any atom is 0.387 e. The standard InChI is InChI=1S/C15H22F2N2O/c1-10-9-12(18)7-8-19(10)11(2)13-5-3-4-6-14(13)20-15(16)17/h3-6,10-12,15H,7-9,18H2,1-2H3. The van der Waals surface area contributed by atoms with E-state index in [9.17, 15) is 8.78 Å². The number of halogens is 2. The van der Waals surface area contributed by atoms with Gasteiger partial charge in [-0.2, -0.15) is 8.78 Å². The summed E-state index contributed by atoms with van der Waals surface area (Å²) in [6, 6.07) is 7.62. The highest BCUT2D eigenvalue weighted by molar-refractivity contribution is 5.35. The SMILES string of the molecule is CC1CC(N)CCN1C(C)c1ccccc1OC(F)F. The van der Waals surface area contributed by atoms with Crippen LogP contribution in [0.15, 0.2) is 24.3 Å². The molecule has 2 rings (SSSR count). The highest BCUT2D eigenvalue weighted by Gasteiger charge is 2.29. The number of likely N-dealkylation sites (tertiary alicyclic amines) is 1. The molecule has 0 aromatic heterocycles. The monoisotopic (exact) mass is 284 g/mol. The Bertz CT molecular complexity index is 442. The van der Waals surface area contributed by atoms with Crippen LogP contribution in [0, 0.1) is 0 Å². The summed E-state index contributed by atoms with van der Waals surface area (Å²) in [4.78, 5) is 2.30. The second-order valence-corrected chi connectivity index (χ2v) is 5.46. The Balaban J connectivity index is 2.18. The van der Waals surface area contributed by atoms with Gasteiger partial charge in [-0.1, -0.05) is 18.2 Å². The topological polar surface area (TPSA) is 38.5 Å². The van der Waals surface area contributed by atoms with Gasteiger partial charge in [-0.25, -0.2) is 0 Å². The fourth-order valence-corrected chi connectivity index (χ4v) is 3.01. The zero-order chi connectivity index (χ0) is 14.7. The average molecular weight is 284 g/mol. The zero-order valence-electron chi connectivity index (χ0n) is 11.9. The number of alkyl halides is 2. The summed E-state index contributed by atoms with van der Waals surface area (Å²) >= 11 is 0. The van der Waals surface area contributed by atoms with Crippen LogP contribution in [0.1, 0.15) is 38.3 Å². The van der Waals surface area contributed by atoms with Crippen LogP contribution >= 0.6 is 0 Å². The molecule has 5 heteroatoms. The van der Waals surface area contributed by atoms with E-state index in [0.29, 0.717) is 6.04 Å². The van der Waals surface area contributed by atoms with E-state index in [0.717, 1.165) is 24.9 Å². The largest absolute Gasteiger partial charge is 0.434 e. The molecule has 3 nitrogen and oxygen atoms in total. The average Bonchev–Trinajstić information content (AvgIpc) is 2.38. The van der Waals surface area contributed by atoms with Gasteiger partial charge < -0.3 is 10.5 Å². The van der Waals surface area contributed by atoms with Gasteiger partial charge in [-0.3, -0.25) is 4.90 Å². The van der Waals surface area contributed by atoms with Gasteiger partial charge in [0.05, 0.1) is 0 Å². The van der Waals surface area contributed by atoms with E-state index in [-0.39, 0.29) is 17.8 Å². The number of nitrogens with two attached hydrogens (primary N) is 1. The molecule has 3 unspecified atom stereocenters. The van der Waals surface area contributed by atoms with Gasteiger partial charge in [0.2, 0.25) is 0 Å². The number of nitrogens with zero attached hydrogens (tertiary/aromatic N) is 1. The molecule has 0 radical (unpaired) electrons. The summed E-state index contributed by atoms with van der Waals surface area (Å²) in [7, 11) is 0. The van der Waals surface area contributed by atoms with Crippen LogP contribution in [0.25, 0.3) is 0 Å². The van der Waals surface area contributed by atoms with Gasteiger partial charge in [0, 0.05) is 30.2 Å². The summed E-state index contributed by atoms with van der Waals surface area (Å²) in [5.41, 5.74) is 6.77. The number of ether oxygens (including phenoxy) is 1. The molecule has 20 heavy (non-hydrogen) atoms. The smallest absolute Gasteiger partial charge is 0.387 e. The van der Waals surface area contributed by atoms with Crippen molar-refractivity contribution in [3.8, 4) is 5.75 Å². The normalized spacial score (nSPS) is 25.7. The van der Waals surface area contributed by atoms with Crippen molar-refractivity contribution in [1.82, 2.24) is 4.90 Å². The van der Waals surface area contributed by atoms with Crippen molar-refractivity contribution in [2.24, 2.45) is 5.73 Å². The van der Waals surface area contributed by atoms with E-state index >= 15 is 0 Å². The Morgan fingerprint density at radius 1 is 1.35 bits per heavy atom. The molecule has 1 aromatic rings. The predicted molar refractivity (Wildman–Crippen MR) is 74.9 cm³/mol. The van der Waals surface area contributed by atoms with Crippen molar-refractivity contribution in [3.05, 3.63) is 29.8 Å². The lowest BCUT2D eigenvalue weighted by atomic mass is 9.95. The van der Waals surface area contributed by atoms with Gasteiger partial charge in [0.1, 0.15) is 5.75 Å². The molecule has 1 saturated heterocycles. The molecule has 1 aliphatic heterocycles. The van der Waals surface area contributed by atoms with Crippen molar-refractivity contribution >= 4 is 0 Å². The van der Waals surface area contributed by atoms with Gasteiger partial charge >= 0.3 is 6.61 Å². The van der Waals surface area contributed by atoms with Gasteiger partial charge in [-0.15, -0.1) is 0 Å². The number of para-hydroxylation sites is 1. The molecule has 0 spiro atoms. The zero-order valence-corrected chi connectivity index (χ0v) is 11.9. The van der Waals surface area contributed by atoms with E-state index < -0.39 is 6.61 Å². The minimum Gasteiger partial charge on any atom is -0.434 e. The van der Waals surface area contributed by atoms with Crippen LogP contribution in [0.4, 0.5) is 8.78 Å². The Morgan fingerprint density at radius 3 is 2.70 bits per heavy atom.